The maximum atomic E-state index is 5.64. The van der Waals surface area contributed by atoms with Gasteiger partial charge in [-0.1, -0.05) is 25.1 Å². The maximum Gasteiger partial charge on any atom is 0.191 e. The van der Waals surface area contributed by atoms with Crippen LogP contribution in [0.5, 0.6) is 0 Å². The fourth-order valence-electron chi connectivity index (χ4n) is 4.27. The van der Waals surface area contributed by atoms with Gasteiger partial charge in [0.05, 0.1) is 12.7 Å². The number of hydrogen-bond donors (Lipinski definition) is 3. The predicted molar refractivity (Wildman–Crippen MR) is 147 cm³/mol. The first-order valence-electron chi connectivity index (χ1n) is 11.5. The SMILES string of the molecule is CCc1cccc2c(CCNC(=NC)NCc3ccnc(N4CCOC(C)C4)c3)c[nH]c12.I. The van der Waals surface area contributed by atoms with Crippen LogP contribution in [-0.2, 0) is 24.1 Å². The van der Waals surface area contributed by atoms with Crippen LogP contribution >= 0.6 is 24.0 Å². The molecular weight excluding hydrogens is 527 g/mol. The van der Waals surface area contributed by atoms with Crippen molar-refractivity contribution in [3.05, 3.63) is 59.4 Å². The number of hydrogen-bond acceptors (Lipinski definition) is 4. The zero-order valence-electron chi connectivity index (χ0n) is 19.7. The van der Waals surface area contributed by atoms with Crippen molar-refractivity contribution in [3.63, 3.8) is 0 Å². The lowest BCUT2D eigenvalue weighted by molar-refractivity contribution is 0.0529. The van der Waals surface area contributed by atoms with Gasteiger partial charge in [-0.3, -0.25) is 4.99 Å². The van der Waals surface area contributed by atoms with E-state index in [9.17, 15) is 0 Å². The Bertz CT molecular complexity index is 1070. The monoisotopic (exact) mass is 562 g/mol. The summed E-state index contributed by atoms with van der Waals surface area (Å²) in [4.78, 5) is 14.7. The van der Waals surface area contributed by atoms with Crippen LogP contribution in [0.25, 0.3) is 10.9 Å². The fraction of sp³-hybridized carbons (Fsp3) is 0.440. The van der Waals surface area contributed by atoms with Crippen LogP contribution < -0.4 is 15.5 Å². The van der Waals surface area contributed by atoms with Gasteiger partial charge >= 0.3 is 0 Å². The molecule has 178 valence electrons. The molecule has 0 amide bonds. The molecule has 3 N–H and O–H groups in total. The van der Waals surface area contributed by atoms with Gasteiger partial charge in [0.1, 0.15) is 5.82 Å². The Labute approximate surface area is 213 Å². The minimum absolute atomic E-state index is 0. The fourth-order valence-corrected chi connectivity index (χ4v) is 4.27. The molecule has 3 heterocycles. The van der Waals surface area contributed by atoms with Crippen LogP contribution in [0.3, 0.4) is 0 Å². The maximum absolute atomic E-state index is 5.64. The van der Waals surface area contributed by atoms with E-state index in [-0.39, 0.29) is 30.1 Å². The lowest BCUT2D eigenvalue weighted by atomic mass is 10.1. The van der Waals surface area contributed by atoms with Gasteiger partial charge in [-0.15, -0.1) is 24.0 Å². The normalized spacial score (nSPS) is 16.5. The van der Waals surface area contributed by atoms with Crippen LogP contribution in [0.1, 0.15) is 30.5 Å². The van der Waals surface area contributed by atoms with Gasteiger partial charge in [-0.25, -0.2) is 4.98 Å². The standard InChI is InChI=1S/C25H34N6O.HI/c1-4-20-6-5-7-22-21(16-29-24(20)22)9-11-28-25(26-3)30-15-19-8-10-27-23(14-19)31-12-13-32-18(2)17-31;/h5-8,10,14,16,18,29H,4,9,11-13,15,17H2,1-3H3,(H2,26,28,30);1H. The number of anilines is 1. The predicted octanol–water partition coefficient (Wildman–Crippen LogP) is 3.88. The van der Waals surface area contributed by atoms with E-state index in [4.69, 9.17) is 4.74 Å². The summed E-state index contributed by atoms with van der Waals surface area (Å²) in [5.41, 5.74) is 5.13. The third kappa shape index (κ3) is 6.38. The molecule has 1 atom stereocenters. The highest BCUT2D eigenvalue weighted by Gasteiger charge is 2.18. The number of halogens is 1. The Morgan fingerprint density at radius 3 is 2.94 bits per heavy atom. The van der Waals surface area contributed by atoms with Gasteiger partial charge in [-0.2, -0.15) is 0 Å². The van der Waals surface area contributed by atoms with Crippen LogP contribution in [-0.4, -0.2) is 55.3 Å². The molecule has 1 aliphatic rings. The van der Waals surface area contributed by atoms with Crippen molar-refractivity contribution in [2.45, 2.75) is 39.3 Å². The lowest BCUT2D eigenvalue weighted by Crippen LogP contribution is -2.41. The minimum atomic E-state index is 0. The first kappa shape index (κ1) is 25.3. The van der Waals surface area contributed by atoms with Crippen LogP contribution in [0.15, 0.2) is 47.7 Å². The zero-order valence-corrected chi connectivity index (χ0v) is 22.1. The molecule has 33 heavy (non-hydrogen) atoms. The number of morpholine rings is 1. The number of guanidine groups is 1. The number of ether oxygens (including phenoxy) is 1. The second-order valence-electron chi connectivity index (χ2n) is 8.26. The zero-order chi connectivity index (χ0) is 22.3. The Balaban J connectivity index is 0.00000306. The topological polar surface area (TPSA) is 77.6 Å². The van der Waals surface area contributed by atoms with E-state index in [0.717, 1.165) is 50.9 Å². The summed E-state index contributed by atoms with van der Waals surface area (Å²) in [7, 11) is 1.81. The molecule has 2 aromatic heterocycles. The minimum Gasteiger partial charge on any atom is -0.375 e. The molecule has 1 unspecified atom stereocenters. The van der Waals surface area contributed by atoms with Crippen LogP contribution in [0.2, 0.25) is 0 Å². The van der Waals surface area contributed by atoms with E-state index in [1.807, 2.05) is 19.3 Å². The molecule has 1 saturated heterocycles. The number of aryl methyl sites for hydroxylation is 1. The second-order valence-corrected chi connectivity index (χ2v) is 8.26. The number of pyridine rings is 1. The highest BCUT2D eigenvalue weighted by molar-refractivity contribution is 14.0. The quantitative estimate of drug-likeness (QED) is 0.232. The number of benzene rings is 1. The van der Waals surface area contributed by atoms with E-state index >= 15 is 0 Å². The largest absolute Gasteiger partial charge is 0.375 e. The van der Waals surface area contributed by atoms with Crippen molar-refractivity contribution >= 4 is 46.7 Å². The average molecular weight is 563 g/mol. The Morgan fingerprint density at radius 2 is 2.15 bits per heavy atom. The van der Waals surface area contributed by atoms with Gasteiger partial charge in [0.15, 0.2) is 5.96 Å². The van der Waals surface area contributed by atoms with Gasteiger partial charge in [0, 0.05) is 56.5 Å². The van der Waals surface area contributed by atoms with E-state index in [1.165, 1.54) is 27.6 Å². The molecule has 0 radical (unpaired) electrons. The van der Waals surface area contributed by atoms with E-state index in [2.05, 4.69) is 74.8 Å². The van der Waals surface area contributed by atoms with Crippen LogP contribution in [0.4, 0.5) is 5.82 Å². The number of para-hydroxylation sites is 1. The molecule has 1 aromatic carbocycles. The highest BCUT2D eigenvalue weighted by Crippen LogP contribution is 2.22. The molecule has 1 aliphatic heterocycles. The van der Waals surface area contributed by atoms with E-state index < -0.39 is 0 Å². The van der Waals surface area contributed by atoms with Crippen molar-refractivity contribution in [2.75, 3.05) is 38.2 Å². The number of nitrogens with zero attached hydrogens (tertiary/aromatic N) is 3. The molecule has 4 rings (SSSR count). The summed E-state index contributed by atoms with van der Waals surface area (Å²) in [6, 6.07) is 10.7. The summed E-state index contributed by atoms with van der Waals surface area (Å²) < 4.78 is 5.64. The number of rotatable bonds is 7. The smallest absolute Gasteiger partial charge is 0.191 e. The number of nitrogens with one attached hydrogen (secondary N) is 3. The molecule has 0 spiro atoms. The van der Waals surface area contributed by atoms with Crippen molar-refractivity contribution in [1.29, 1.82) is 0 Å². The summed E-state index contributed by atoms with van der Waals surface area (Å²) in [5, 5.41) is 8.17. The number of fused-ring (bicyclic) bond motifs is 1. The molecule has 7 nitrogen and oxygen atoms in total. The van der Waals surface area contributed by atoms with Crippen molar-refractivity contribution < 1.29 is 4.74 Å². The Morgan fingerprint density at radius 1 is 1.27 bits per heavy atom. The van der Waals surface area contributed by atoms with Gasteiger partial charge in [-0.05, 0) is 48.6 Å². The molecule has 0 bridgehead atoms. The average Bonchev–Trinajstić information content (AvgIpc) is 3.24. The first-order chi connectivity index (χ1) is 15.7. The molecular formula is C25H35IN6O. The van der Waals surface area contributed by atoms with E-state index in [0.29, 0.717) is 6.54 Å². The molecule has 0 saturated carbocycles. The summed E-state index contributed by atoms with van der Waals surface area (Å²) in [6.45, 7) is 8.31. The molecule has 0 aliphatic carbocycles. The van der Waals surface area contributed by atoms with Crippen molar-refractivity contribution in [2.24, 2.45) is 4.99 Å². The van der Waals surface area contributed by atoms with E-state index in [1.54, 1.807) is 0 Å². The second kappa shape index (κ2) is 12.2. The lowest BCUT2D eigenvalue weighted by Gasteiger charge is -2.32. The molecule has 8 heteroatoms. The number of aromatic amines is 1. The number of aliphatic imine (C=N–C) groups is 1. The first-order valence-corrected chi connectivity index (χ1v) is 11.5. The van der Waals surface area contributed by atoms with Gasteiger partial charge in [0.25, 0.3) is 0 Å². The third-order valence-corrected chi connectivity index (χ3v) is 6.01. The highest BCUT2D eigenvalue weighted by atomic mass is 127. The Kier molecular flexibility index (Phi) is 9.37. The number of aromatic nitrogens is 2. The summed E-state index contributed by atoms with van der Waals surface area (Å²) >= 11 is 0. The third-order valence-electron chi connectivity index (χ3n) is 6.01. The van der Waals surface area contributed by atoms with Crippen molar-refractivity contribution in [1.82, 2.24) is 20.6 Å². The Hall–Kier alpha value is -2.33. The molecule has 1 fully saturated rings. The van der Waals surface area contributed by atoms with Crippen LogP contribution in [0, 0.1) is 0 Å². The summed E-state index contributed by atoms with van der Waals surface area (Å²) in [6.07, 6.45) is 6.22. The molecule has 3 aromatic rings. The summed E-state index contributed by atoms with van der Waals surface area (Å²) in [5.74, 6) is 1.81. The number of H-pyrrole nitrogens is 1. The van der Waals surface area contributed by atoms with Gasteiger partial charge in [0.2, 0.25) is 0 Å². The van der Waals surface area contributed by atoms with Crippen molar-refractivity contribution in [3.8, 4) is 0 Å². The van der Waals surface area contributed by atoms with Gasteiger partial charge < -0.3 is 25.3 Å².